The van der Waals surface area contributed by atoms with Gasteiger partial charge in [-0.3, -0.25) is 38.7 Å². The monoisotopic (exact) mass is 731 g/mol. The minimum atomic E-state index is -1.27. The van der Waals surface area contributed by atoms with Crippen molar-refractivity contribution in [3.8, 4) is 5.75 Å². The summed E-state index contributed by atoms with van der Waals surface area (Å²) in [7, 11) is 0. The zero-order chi connectivity index (χ0) is 28.0. The van der Waals surface area contributed by atoms with Crippen LogP contribution in [0.5, 0.6) is 5.75 Å². The molecule has 0 spiro atoms. The normalized spacial score (nSPS) is 11.1. The van der Waals surface area contributed by atoms with E-state index in [0.29, 0.717) is 12.4 Å². The third-order valence-corrected chi connectivity index (χ3v) is 5.18. The molecule has 40 heavy (non-hydrogen) atoms. The Morgan fingerprint density at radius 3 is 1.50 bits per heavy atom. The summed E-state index contributed by atoms with van der Waals surface area (Å²) in [5.74, 6) is -5.65. The van der Waals surface area contributed by atoms with Crippen LogP contribution < -0.4 is 63.9 Å². The quantitative estimate of drug-likeness (QED) is 0.0792. The predicted octanol–water partition coefficient (Wildman–Crippen LogP) is -6.67. The molecule has 0 aliphatic carbocycles. The number of carboxylic acid groups (broad SMARTS) is 5. The van der Waals surface area contributed by atoms with Gasteiger partial charge in [0.25, 0.3) is 0 Å². The summed E-state index contributed by atoms with van der Waals surface area (Å²) in [5, 5.41) is 46.2. The van der Waals surface area contributed by atoms with Crippen molar-refractivity contribution in [2.45, 2.75) is 19.4 Å². The molecule has 0 aliphatic rings. The van der Waals surface area contributed by atoms with Crippen molar-refractivity contribution in [3.05, 3.63) is 29.8 Å². The van der Waals surface area contributed by atoms with Crippen LogP contribution in [0.25, 0.3) is 0 Å². The minimum absolute atomic E-state index is 0. The van der Waals surface area contributed by atoms with Crippen molar-refractivity contribution in [3.63, 3.8) is 0 Å². The SMILES string of the molecule is CCOc1ccc(CC(CN(CCN(CC(=O)O)CC(=O)O)CC(=O)O)N(CC(=O)O)CC(=O)O)cc1.[Gd].[Na+].[Na+]. The van der Waals surface area contributed by atoms with Crippen LogP contribution in [0.1, 0.15) is 12.5 Å². The van der Waals surface area contributed by atoms with Crippen molar-refractivity contribution in [2.75, 3.05) is 59.0 Å². The van der Waals surface area contributed by atoms with Crippen LogP contribution in [-0.2, 0) is 30.4 Å². The van der Waals surface area contributed by atoms with Gasteiger partial charge in [-0.15, -0.1) is 0 Å². The minimum Gasteiger partial charge on any atom is -0.494 e. The average molecular weight is 731 g/mol. The zero-order valence-electron chi connectivity index (χ0n) is 22.8. The molecule has 5 N–H and O–H groups in total. The Morgan fingerprint density at radius 2 is 1.10 bits per heavy atom. The Kier molecular flexibility index (Phi) is 26.5. The molecule has 0 aromatic heterocycles. The second kappa shape index (κ2) is 24.1. The molecule has 1 aromatic carbocycles. The molecule has 214 valence electrons. The molecule has 1 aromatic rings. The molecular weight excluding hydrogens is 697 g/mol. The maximum Gasteiger partial charge on any atom is 1.00 e. The van der Waals surface area contributed by atoms with E-state index >= 15 is 0 Å². The first-order chi connectivity index (χ1) is 17.4. The molecule has 1 unspecified atom stereocenters. The third-order valence-electron chi connectivity index (χ3n) is 5.18. The van der Waals surface area contributed by atoms with Crippen molar-refractivity contribution in [1.82, 2.24) is 14.7 Å². The Morgan fingerprint density at radius 1 is 0.700 bits per heavy atom. The van der Waals surface area contributed by atoms with Crippen LogP contribution in [-0.4, -0.2) is 135 Å². The van der Waals surface area contributed by atoms with Crippen LogP contribution in [0, 0.1) is 39.9 Å². The summed E-state index contributed by atoms with van der Waals surface area (Å²) >= 11 is 0. The Balaban J connectivity index is -0.00000456. The fourth-order valence-electron chi connectivity index (χ4n) is 3.73. The Hall–Kier alpha value is -0.425. The summed E-state index contributed by atoms with van der Waals surface area (Å²) in [5.41, 5.74) is 0.725. The predicted molar refractivity (Wildman–Crippen MR) is 128 cm³/mol. The van der Waals surface area contributed by atoms with Crippen molar-refractivity contribution < 1.29 is 153 Å². The first-order valence-electron chi connectivity index (χ1n) is 11.4. The average Bonchev–Trinajstić information content (AvgIpc) is 2.76. The summed E-state index contributed by atoms with van der Waals surface area (Å²) in [4.78, 5) is 60.4. The van der Waals surface area contributed by atoms with E-state index in [0.717, 1.165) is 10.5 Å². The number of carbonyl (C=O) groups is 5. The molecule has 0 heterocycles. The number of rotatable bonds is 20. The molecule has 0 saturated carbocycles. The maximum absolute atomic E-state index is 11.5. The summed E-state index contributed by atoms with van der Waals surface area (Å²) in [6.45, 7) is -0.837. The number of aliphatic carboxylic acids is 5. The van der Waals surface area contributed by atoms with Gasteiger partial charge in [0, 0.05) is 65.6 Å². The summed E-state index contributed by atoms with van der Waals surface area (Å²) < 4.78 is 5.41. The van der Waals surface area contributed by atoms with Gasteiger partial charge in [0.1, 0.15) is 5.75 Å². The number of hydrogen-bond acceptors (Lipinski definition) is 9. The molecule has 0 amide bonds. The van der Waals surface area contributed by atoms with E-state index in [9.17, 15) is 39.3 Å². The summed E-state index contributed by atoms with van der Waals surface area (Å²) in [6, 6.07) is 6.14. The first-order valence-corrected chi connectivity index (χ1v) is 11.4. The Labute approximate surface area is 308 Å². The van der Waals surface area contributed by atoms with Gasteiger partial charge in [-0.2, -0.15) is 0 Å². The molecular formula is C23H33GdN3Na2O11+2. The maximum atomic E-state index is 11.5. The Bertz CT molecular complexity index is 909. The fourth-order valence-corrected chi connectivity index (χ4v) is 3.73. The van der Waals surface area contributed by atoms with E-state index in [-0.39, 0.29) is 125 Å². The summed E-state index contributed by atoms with van der Waals surface area (Å²) in [6.07, 6.45) is 0.178. The van der Waals surface area contributed by atoms with E-state index in [1.165, 1.54) is 9.80 Å². The van der Waals surface area contributed by atoms with Crippen molar-refractivity contribution in [1.29, 1.82) is 0 Å². The van der Waals surface area contributed by atoms with Gasteiger partial charge in [-0.05, 0) is 31.0 Å². The van der Waals surface area contributed by atoms with Gasteiger partial charge in [-0.25, -0.2) is 0 Å². The molecule has 0 fully saturated rings. The van der Waals surface area contributed by atoms with E-state index in [1.54, 1.807) is 24.3 Å². The van der Waals surface area contributed by atoms with Crippen LogP contribution in [0.3, 0.4) is 0 Å². The molecule has 1 rings (SSSR count). The van der Waals surface area contributed by atoms with Crippen LogP contribution >= 0.6 is 0 Å². The van der Waals surface area contributed by atoms with Crippen molar-refractivity contribution >= 4 is 29.8 Å². The number of carboxylic acids is 5. The van der Waals surface area contributed by atoms with Crippen LogP contribution in [0.2, 0.25) is 0 Å². The van der Waals surface area contributed by atoms with Gasteiger partial charge in [0.15, 0.2) is 0 Å². The van der Waals surface area contributed by atoms with Gasteiger partial charge in [-0.1, -0.05) is 12.1 Å². The van der Waals surface area contributed by atoms with E-state index in [1.807, 2.05) is 6.92 Å². The molecule has 0 radical (unpaired) electrons. The van der Waals surface area contributed by atoms with E-state index < -0.39 is 68.6 Å². The van der Waals surface area contributed by atoms with Gasteiger partial charge in [0.05, 0.1) is 39.3 Å². The van der Waals surface area contributed by atoms with E-state index in [2.05, 4.69) is 0 Å². The second-order valence-electron chi connectivity index (χ2n) is 8.25. The molecule has 14 nitrogen and oxygen atoms in total. The second-order valence-corrected chi connectivity index (χ2v) is 8.25. The van der Waals surface area contributed by atoms with Crippen LogP contribution in [0.4, 0.5) is 0 Å². The van der Waals surface area contributed by atoms with Gasteiger partial charge >= 0.3 is 89.0 Å². The number of nitrogens with zero attached hydrogens (tertiary/aromatic N) is 3. The number of ether oxygens (including phenoxy) is 1. The largest absolute Gasteiger partial charge is 1.00 e. The van der Waals surface area contributed by atoms with Gasteiger partial charge in [0.2, 0.25) is 0 Å². The van der Waals surface area contributed by atoms with Crippen LogP contribution in [0.15, 0.2) is 24.3 Å². The molecule has 17 heteroatoms. The smallest absolute Gasteiger partial charge is 0.494 e. The molecule has 0 saturated heterocycles. The first kappa shape index (κ1) is 44.0. The van der Waals surface area contributed by atoms with E-state index in [4.69, 9.17) is 14.9 Å². The van der Waals surface area contributed by atoms with Gasteiger partial charge < -0.3 is 30.3 Å². The molecule has 1 atom stereocenters. The fraction of sp³-hybridized carbons (Fsp3) is 0.522. The number of benzene rings is 1. The number of hydrogen-bond donors (Lipinski definition) is 5. The standard InChI is InChI=1S/C23H33N3O11.Gd.2Na/c1-2-37-18-5-3-16(4-6-18)9-17(26(14-22(33)34)15-23(35)36)10-24(11-19(27)28)7-8-25(12-20(29)30)13-21(31)32;;;/h3-6,17H,2,7-15H2,1H3,(H,27,28)(H,29,30)(H,31,32)(H,33,34)(H,35,36);;;/q;;2*+1. The third kappa shape index (κ3) is 20.5. The topological polar surface area (TPSA) is 205 Å². The molecule has 0 aliphatic heterocycles. The zero-order valence-corrected chi connectivity index (χ0v) is 29.1. The molecule has 0 bridgehead atoms. The van der Waals surface area contributed by atoms with Crippen molar-refractivity contribution in [2.24, 2.45) is 0 Å².